The van der Waals surface area contributed by atoms with Gasteiger partial charge in [-0.25, -0.2) is 4.98 Å². The van der Waals surface area contributed by atoms with Crippen molar-refractivity contribution < 1.29 is 9.32 Å². The molecule has 0 saturated heterocycles. The van der Waals surface area contributed by atoms with Gasteiger partial charge in [-0.2, -0.15) is 4.98 Å². The van der Waals surface area contributed by atoms with Crippen LogP contribution < -0.4 is 10.9 Å². The molecule has 1 aromatic carbocycles. The number of anilines is 1. The van der Waals surface area contributed by atoms with E-state index in [0.717, 1.165) is 0 Å². The largest absolute Gasteiger partial charge is 0.328 e. The van der Waals surface area contributed by atoms with E-state index in [1.807, 2.05) is 12.1 Å². The number of hydrogen-bond donors (Lipinski definition) is 1. The Balaban J connectivity index is 1.83. The van der Waals surface area contributed by atoms with Crippen molar-refractivity contribution in [2.24, 2.45) is 0 Å². The first-order chi connectivity index (χ1) is 14.8. The minimum absolute atomic E-state index is 0.0523. The zero-order valence-electron chi connectivity index (χ0n) is 18.5. The topological polar surface area (TPSA) is 106 Å². The molecule has 10 heteroatoms. The summed E-state index contributed by atoms with van der Waals surface area (Å²) in [4.78, 5) is 36.5. The smallest absolute Gasteiger partial charge is 0.315 e. The van der Waals surface area contributed by atoms with Crippen molar-refractivity contribution in [2.75, 3.05) is 17.6 Å². The number of nitrogens with one attached hydrogen (secondary N) is 1. The monoisotopic (exact) mass is 444 g/mol. The number of nitrogens with zero attached hydrogens (tertiary/aromatic N) is 5. The highest BCUT2D eigenvalue weighted by Gasteiger charge is 2.18. The van der Waals surface area contributed by atoms with Crippen LogP contribution in [0.5, 0.6) is 0 Å². The zero-order valence-corrected chi connectivity index (χ0v) is 19.3. The third-order valence-corrected chi connectivity index (χ3v) is 5.82. The lowest BCUT2D eigenvalue weighted by molar-refractivity contribution is -0.114. The van der Waals surface area contributed by atoms with Crippen molar-refractivity contribution in [3.8, 4) is 0 Å². The number of carbonyl (C=O) groups is 1. The summed E-state index contributed by atoms with van der Waals surface area (Å²) in [6, 6.07) is 8.02. The normalized spacial score (nSPS) is 11.7. The third-order valence-electron chi connectivity index (χ3n) is 4.84. The Kier molecular flexibility index (Phi) is 7.45. The summed E-state index contributed by atoms with van der Waals surface area (Å²) >= 11 is 1.21. The fourth-order valence-electron chi connectivity index (χ4n) is 3.42. The molecule has 3 rings (SSSR count). The SMILES string of the molecule is Cc1noc(NC(=O)CSc2nc3ccccc3c(=O)n2CCN(C(C)C)C(C)C)n1. The van der Waals surface area contributed by atoms with E-state index >= 15 is 0 Å². The van der Waals surface area contributed by atoms with E-state index in [1.54, 1.807) is 23.6 Å². The maximum absolute atomic E-state index is 13.2. The molecule has 0 aliphatic heterocycles. The summed E-state index contributed by atoms with van der Waals surface area (Å²) in [5, 5.41) is 7.28. The summed E-state index contributed by atoms with van der Waals surface area (Å²) in [5.74, 6) is 0.186. The Morgan fingerprint density at radius 2 is 1.90 bits per heavy atom. The number of hydrogen-bond acceptors (Lipinski definition) is 8. The lowest BCUT2D eigenvalue weighted by atomic mass is 10.2. The van der Waals surface area contributed by atoms with Crippen LogP contribution in [-0.4, -0.2) is 54.9 Å². The van der Waals surface area contributed by atoms with Crippen LogP contribution in [0.3, 0.4) is 0 Å². The molecule has 0 aliphatic carbocycles. The van der Waals surface area contributed by atoms with Gasteiger partial charge >= 0.3 is 6.01 Å². The summed E-state index contributed by atoms with van der Waals surface area (Å²) in [5.41, 5.74) is 0.511. The molecule has 2 aromatic heterocycles. The van der Waals surface area contributed by atoms with Gasteiger partial charge in [0.2, 0.25) is 5.91 Å². The molecular weight excluding hydrogens is 416 g/mol. The molecule has 9 nitrogen and oxygen atoms in total. The maximum atomic E-state index is 13.2. The molecule has 2 heterocycles. The highest BCUT2D eigenvalue weighted by molar-refractivity contribution is 7.99. The molecule has 0 aliphatic rings. The summed E-state index contributed by atoms with van der Waals surface area (Å²) in [6.45, 7) is 11.4. The van der Waals surface area contributed by atoms with E-state index in [1.165, 1.54) is 11.8 Å². The summed E-state index contributed by atoms with van der Waals surface area (Å²) in [7, 11) is 0. The predicted octanol–water partition coefficient (Wildman–Crippen LogP) is 2.94. The number of rotatable bonds is 9. The van der Waals surface area contributed by atoms with Gasteiger partial charge in [-0.1, -0.05) is 29.1 Å². The van der Waals surface area contributed by atoms with Crippen molar-refractivity contribution in [2.45, 2.75) is 58.4 Å². The summed E-state index contributed by atoms with van der Waals surface area (Å²) in [6.07, 6.45) is 0. The van der Waals surface area contributed by atoms with Gasteiger partial charge < -0.3 is 4.52 Å². The van der Waals surface area contributed by atoms with Gasteiger partial charge in [-0.3, -0.25) is 24.4 Å². The predicted molar refractivity (Wildman–Crippen MR) is 121 cm³/mol. The van der Waals surface area contributed by atoms with E-state index in [9.17, 15) is 9.59 Å². The molecule has 0 atom stereocenters. The standard InChI is InChI=1S/C21H28N6O3S/c1-13(2)26(14(3)4)10-11-27-19(29)16-8-6-7-9-17(16)23-21(27)31-12-18(28)24-20-22-15(5)25-30-20/h6-9,13-14H,10-12H2,1-5H3,(H,22,24,25,28). The van der Waals surface area contributed by atoms with E-state index in [0.29, 0.717) is 47.1 Å². The number of benzene rings is 1. The number of fused-ring (bicyclic) bond motifs is 1. The molecule has 1 amide bonds. The van der Waals surface area contributed by atoms with Crippen LogP contribution in [0, 0.1) is 6.92 Å². The van der Waals surface area contributed by atoms with Crippen molar-refractivity contribution in [3.05, 3.63) is 40.4 Å². The van der Waals surface area contributed by atoms with E-state index < -0.39 is 0 Å². The highest BCUT2D eigenvalue weighted by Crippen LogP contribution is 2.19. The van der Waals surface area contributed by atoms with Crippen LogP contribution in [0.15, 0.2) is 38.7 Å². The minimum atomic E-state index is -0.311. The number of carbonyl (C=O) groups excluding carboxylic acids is 1. The van der Waals surface area contributed by atoms with Gasteiger partial charge in [0.05, 0.1) is 16.7 Å². The van der Waals surface area contributed by atoms with Crippen LogP contribution >= 0.6 is 11.8 Å². The molecule has 0 fully saturated rings. The molecule has 3 aromatic rings. The molecule has 0 bridgehead atoms. The molecule has 1 N–H and O–H groups in total. The minimum Gasteiger partial charge on any atom is -0.315 e. The fourth-order valence-corrected chi connectivity index (χ4v) is 4.24. The van der Waals surface area contributed by atoms with Gasteiger partial charge in [0.25, 0.3) is 5.56 Å². The van der Waals surface area contributed by atoms with Gasteiger partial charge in [-0.15, -0.1) is 0 Å². The van der Waals surface area contributed by atoms with Crippen LogP contribution in [0.25, 0.3) is 10.9 Å². The molecule has 166 valence electrons. The second kappa shape index (κ2) is 10.1. The molecule has 0 unspecified atom stereocenters. The van der Waals surface area contributed by atoms with Gasteiger partial charge in [0, 0.05) is 25.2 Å². The average Bonchev–Trinajstić information content (AvgIpc) is 3.12. The molecule has 0 saturated carbocycles. The number of amides is 1. The number of para-hydroxylation sites is 1. The first-order valence-corrected chi connectivity index (χ1v) is 11.2. The van der Waals surface area contributed by atoms with Crippen molar-refractivity contribution in [1.29, 1.82) is 0 Å². The Hall–Kier alpha value is -2.72. The van der Waals surface area contributed by atoms with Crippen LogP contribution in [0.4, 0.5) is 6.01 Å². The van der Waals surface area contributed by atoms with Crippen LogP contribution in [0.1, 0.15) is 33.5 Å². The zero-order chi connectivity index (χ0) is 22.5. The van der Waals surface area contributed by atoms with Crippen molar-refractivity contribution in [1.82, 2.24) is 24.6 Å². The van der Waals surface area contributed by atoms with Gasteiger partial charge in [-0.05, 0) is 46.8 Å². The van der Waals surface area contributed by atoms with Crippen molar-refractivity contribution >= 4 is 34.6 Å². The number of aryl methyl sites for hydroxylation is 1. The second-order valence-corrected chi connectivity index (χ2v) is 8.72. The first-order valence-electron chi connectivity index (χ1n) is 10.2. The maximum Gasteiger partial charge on any atom is 0.328 e. The number of aromatic nitrogens is 4. The van der Waals surface area contributed by atoms with Crippen molar-refractivity contribution in [3.63, 3.8) is 0 Å². The lowest BCUT2D eigenvalue weighted by Crippen LogP contribution is -2.40. The first kappa shape index (κ1) is 23.0. The molecule has 0 radical (unpaired) electrons. The Labute approximate surface area is 185 Å². The molecule has 31 heavy (non-hydrogen) atoms. The van der Waals surface area contributed by atoms with Gasteiger partial charge in [0.15, 0.2) is 11.0 Å². The lowest BCUT2D eigenvalue weighted by Gasteiger charge is -2.30. The Morgan fingerprint density at radius 1 is 1.19 bits per heavy atom. The van der Waals surface area contributed by atoms with Crippen LogP contribution in [-0.2, 0) is 11.3 Å². The second-order valence-electron chi connectivity index (χ2n) is 7.78. The Bertz CT molecular complexity index is 1100. The number of thioether (sulfide) groups is 1. The molecular formula is C21H28N6O3S. The van der Waals surface area contributed by atoms with Gasteiger partial charge in [0.1, 0.15) is 0 Å². The average molecular weight is 445 g/mol. The third kappa shape index (κ3) is 5.71. The quantitative estimate of drug-likeness (QED) is 0.397. The van der Waals surface area contributed by atoms with E-state index in [4.69, 9.17) is 4.52 Å². The van der Waals surface area contributed by atoms with E-state index in [2.05, 4.69) is 53.0 Å². The molecule has 0 spiro atoms. The van der Waals surface area contributed by atoms with E-state index in [-0.39, 0.29) is 23.2 Å². The van der Waals surface area contributed by atoms with Crippen LogP contribution in [0.2, 0.25) is 0 Å². The fraction of sp³-hybridized carbons (Fsp3) is 0.476. The highest BCUT2D eigenvalue weighted by atomic mass is 32.2. The Morgan fingerprint density at radius 3 is 2.55 bits per heavy atom. The summed E-state index contributed by atoms with van der Waals surface area (Å²) < 4.78 is 6.58.